The molecule has 126 valence electrons. The van der Waals surface area contributed by atoms with Gasteiger partial charge in [0.2, 0.25) is 5.91 Å². The lowest BCUT2D eigenvalue weighted by Crippen LogP contribution is -2.56. The molecule has 0 bridgehead atoms. The van der Waals surface area contributed by atoms with E-state index in [1.165, 1.54) is 0 Å². The lowest BCUT2D eigenvalue weighted by Gasteiger charge is -2.43. The Balaban J connectivity index is 1.90. The van der Waals surface area contributed by atoms with Gasteiger partial charge in [0.25, 0.3) is 0 Å². The molecule has 2 saturated carbocycles. The van der Waals surface area contributed by atoms with Gasteiger partial charge in [0.15, 0.2) is 0 Å². The molecule has 1 aromatic rings. The van der Waals surface area contributed by atoms with Gasteiger partial charge in [0, 0.05) is 11.7 Å². The fourth-order valence-electron chi connectivity index (χ4n) is 3.87. The van der Waals surface area contributed by atoms with E-state index in [1.54, 1.807) is 0 Å². The predicted octanol–water partition coefficient (Wildman–Crippen LogP) is 3.74. The SMILES string of the molecule is CN(C)C1CCCC1N(C(=O)C1CC(Cl)C1Cl)c1ccccc1. The van der Waals surface area contributed by atoms with Crippen molar-refractivity contribution in [2.24, 2.45) is 5.92 Å². The Labute approximate surface area is 148 Å². The number of rotatable bonds is 4. The van der Waals surface area contributed by atoms with Crippen molar-refractivity contribution in [2.75, 3.05) is 19.0 Å². The van der Waals surface area contributed by atoms with Crippen LogP contribution in [-0.2, 0) is 4.79 Å². The summed E-state index contributed by atoms with van der Waals surface area (Å²) in [5.41, 5.74) is 0.970. The summed E-state index contributed by atoms with van der Waals surface area (Å²) in [7, 11) is 4.19. The monoisotopic (exact) mass is 354 g/mol. The third-order valence-corrected chi connectivity index (χ3v) is 6.42. The van der Waals surface area contributed by atoms with Crippen molar-refractivity contribution in [3.05, 3.63) is 30.3 Å². The van der Waals surface area contributed by atoms with E-state index in [2.05, 4.69) is 19.0 Å². The van der Waals surface area contributed by atoms with E-state index in [0.29, 0.717) is 12.5 Å². The molecule has 0 radical (unpaired) electrons. The molecule has 0 aliphatic heterocycles. The Bertz CT molecular complexity index is 551. The van der Waals surface area contributed by atoms with Gasteiger partial charge in [0.1, 0.15) is 0 Å². The van der Waals surface area contributed by atoms with Gasteiger partial charge in [0.05, 0.1) is 22.7 Å². The summed E-state index contributed by atoms with van der Waals surface area (Å²) < 4.78 is 0. The van der Waals surface area contributed by atoms with Crippen LogP contribution < -0.4 is 4.90 Å². The second-order valence-corrected chi connectivity index (χ2v) is 7.94. The van der Waals surface area contributed by atoms with Gasteiger partial charge in [-0.25, -0.2) is 0 Å². The van der Waals surface area contributed by atoms with Crippen LogP contribution >= 0.6 is 23.2 Å². The first-order valence-electron chi connectivity index (χ1n) is 8.33. The lowest BCUT2D eigenvalue weighted by atomic mass is 9.82. The summed E-state index contributed by atoms with van der Waals surface area (Å²) in [6.07, 6.45) is 3.99. The quantitative estimate of drug-likeness (QED) is 0.769. The molecule has 2 aliphatic rings. The average Bonchev–Trinajstić information content (AvgIpc) is 3.02. The van der Waals surface area contributed by atoms with Gasteiger partial charge in [-0.2, -0.15) is 0 Å². The Hall–Kier alpha value is -0.770. The third kappa shape index (κ3) is 3.24. The number of carbonyl (C=O) groups is 1. The van der Waals surface area contributed by atoms with E-state index in [4.69, 9.17) is 23.2 Å². The van der Waals surface area contributed by atoms with E-state index in [-0.39, 0.29) is 28.6 Å². The molecule has 23 heavy (non-hydrogen) atoms. The Kier molecular flexibility index (Phi) is 5.19. The van der Waals surface area contributed by atoms with Crippen LogP contribution in [-0.4, -0.2) is 47.7 Å². The predicted molar refractivity (Wildman–Crippen MR) is 96.4 cm³/mol. The Morgan fingerprint density at radius 2 is 1.74 bits per heavy atom. The van der Waals surface area contributed by atoms with Gasteiger partial charge in [-0.1, -0.05) is 18.2 Å². The molecule has 0 spiro atoms. The van der Waals surface area contributed by atoms with E-state index in [0.717, 1.165) is 24.9 Å². The van der Waals surface area contributed by atoms with Crippen molar-refractivity contribution in [1.29, 1.82) is 0 Å². The third-order valence-electron chi connectivity index (χ3n) is 5.24. The highest BCUT2D eigenvalue weighted by Gasteiger charge is 2.47. The number of anilines is 1. The van der Waals surface area contributed by atoms with Crippen LogP contribution in [0, 0.1) is 5.92 Å². The first-order chi connectivity index (χ1) is 11.0. The molecule has 0 heterocycles. The molecule has 1 aromatic carbocycles. The van der Waals surface area contributed by atoms with E-state index in [9.17, 15) is 4.79 Å². The van der Waals surface area contributed by atoms with Gasteiger partial charge in [-0.05, 0) is 51.9 Å². The second-order valence-electron chi connectivity index (χ2n) is 6.88. The topological polar surface area (TPSA) is 23.6 Å². The molecule has 2 aliphatic carbocycles. The highest BCUT2D eigenvalue weighted by atomic mass is 35.5. The maximum Gasteiger partial charge on any atom is 0.232 e. The van der Waals surface area contributed by atoms with Gasteiger partial charge in [-0.15, -0.1) is 23.2 Å². The number of halogens is 2. The minimum Gasteiger partial charge on any atom is -0.308 e. The van der Waals surface area contributed by atoms with Crippen molar-refractivity contribution in [2.45, 2.75) is 48.5 Å². The van der Waals surface area contributed by atoms with Crippen LogP contribution in [0.5, 0.6) is 0 Å². The Morgan fingerprint density at radius 1 is 1.09 bits per heavy atom. The highest BCUT2D eigenvalue weighted by molar-refractivity contribution is 6.33. The summed E-state index contributed by atoms with van der Waals surface area (Å²) >= 11 is 12.4. The largest absolute Gasteiger partial charge is 0.308 e. The molecule has 5 unspecified atom stereocenters. The number of carbonyl (C=O) groups excluding carboxylic acids is 1. The van der Waals surface area contributed by atoms with Crippen LogP contribution in [0.25, 0.3) is 0 Å². The molecular weight excluding hydrogens is 331 g/mol. The fraction of sp³-hybridized carbons (Fsp3) is 0.611. The summed E-state index contributed by atoms with van der Waals surface area (Å²) in [6, 6.07) is 10.6. The van der Waals surface area contributed by atoms with Crippen molar-refractivity contribution in [3.63, 3.8) is 0 Å². The molecule has 0 saturated heterocycles. The fourth-order valence-corrected chi connectivity index (χ4v) is 4.55. The second kappa shape index (κ2) is 7.00. The normalized spacial score (nSPS) is 33.5. The number of amides is 1. The van der Waals surface area contributed by atoms with Crippen LogP contribution in [0.1, 0.15) is 25.7 Å². The zero-order valence-corrected chi connectivity index (χ0v) is 15.2. The van der Waals surface area contributed by atoms with Crippen molar-refractivity contribution in [3.8, 4) is 0 Å². The molecule has 0 aromatic heterocycles. The summed E-state index contributed by atoms with van der Waals surface area (Å²) in [5.74, 6) is -0.0327. The molecule has 0 N–H and O–H groups in total. The molecule has 1 amide bonds. The van der Waals surface area contributed by atoms with Crippen LogP contribution in [0.15, 0.2) is 30.3 Å². The molecule has 3 nitrogen and oxygen atoms in total. The number of alkyl halides is 2. The average molecular weight is 355 g/mol. The maximum absolute atomic E-state index is 13.2. The zero-order chi connectivity index (χ0) is 16.6. The number of hydrogen-bond donors (Lipinski definition) is 0. The summed E-state index contributed by atoms with van der Waals surface area (Å²) in [6.45, 7) is 0. The summed E-state index contributed by atoms with van der Waals surface area (Å²) in [4.78, 5) is 17.4. The number of benzene rings is 1. The molecular formula is C18H24Cl2N2O. The number of para-hydroxylation sites is 1. The zero-order valence-electron chi connectivity index (χ0n) is 13.7. The van der Waals surface area contributed by atoms with E-state index < -0.39 is 0 Å². The minimum absolute atomic E-state index is 0.0866. The lowest BCUT2D eigenvalue weighted by molar-refractivity contribution is -0.125. The first-order valence-corrected chi connectivity index (χ1v) is 9.20. The Morgan fingerprint density at radius 3 is 2.30 bits per heavy atom. The molecule has 3 rings (SSSR count). The van der Waals surface area contributed by atoms with Gasteiger partial charge < -0.3 is 9.80 Å². The summed E-state index contributed by atoms with van der Waals surface area (Å²) in [5, 5.41) is -0.342. The number of nitrogens with zero attached hydrogens (tertiary/aromatic N) is 2. The number of likely N-dealkylation sites (N-methyl/N-ethyl adjacent to an activating group) is 1. The molecule has 5 heteroatoms. The number of hydrogen-bond acceptors (Lipinski definition) is 2. The minimum atomic E-state index is -0.255. The van der Waals surface area contributed by atoms with E-state index in [1.807, 2.05) is 35.2 Å². The van der Waals surface area contributed by atoms with Gasteiger partial charge in [-0.3, -0.25) is 4.79 Å². The van der Waals surface area contributed by atoms with Crippen LogP contribution in [0.3, 0.4) is 0 Å². The molecule has 5 atom stereocenters. The first kappa shape index (κ1) is 17.1. The van der Waals surface area contributed by atoms with E-state index >= 15 is 0 Å². The smallest absolute Gasteiger partial charge is 0.232 e. The van der Waals surface area contributed by atoms with Gasteiger partial charge >= 0.3 is 0 Å². The highest BCUT2D eigenvalue weighted by Crippen LogP contribution is 2.41. The maximum atomic E-state index is 13.2. The standard InChI is InChI=1S/C18H24Cl2N2O/c1-21(2)15-9-6-10-16(15)22(12-7-4-3-5-8-12)18(23)13-11-14(19)17(13)20/h3-5,7-8,13-17H,6,9-11H2,1-2H3. The van der Waals surface area contributed by atoms with Crippen LogP contribution in [0.4, 0.5) is 5.69 Å². The van der Waals surface area contributed by atoms with Crippen molar-refractivity contribution >= 4 is 34.8 Å². The van der Waals surface area contributed by atoms with Crippen LogP contribution in [0.2, 0.25) is 0 Å². The molecule has 2 fully saturated rings. The van der Waals surface area contributed by atoms with Crippen molar-refractivity contribution in [1.82, 2.24) is 4.90 Å². The van der Waals surface area contributed by atoms with Crippen molar-refractivity contribution < 1.29 is 4.79 Å².